The van der Waals surface area contributed by atoms with Gasteiger partial charge in [0, 0.05) is 42.4 Å². The molecule has 0 saturated carbocycles. The minimum Gasteiger partial charge on any atom is -0.336 e. The fourth-order valence-electron chi connectivity index (χ4n) is 2.64. The predicted molar refractivity (Wildman–Crippen MR) is 94.2 cm³/mol. The number of benzene rings is 1. The summed E-state index contributed by atoms with van der Waals surface area (Å²) < 4.78 is 3.16. The van der Waals surface area contributed by atoms with Crippen molar-refractivity contribution in [1.82, 2.24) is 29.6 Å². The van der Waals surface area contributed by atoms with Gasteiger partial charge in [0.25, 0.3) is 0 Å². The number of aryl methyl sites for hydroxylation is 1. The van der Waals surface area contributed by atoms with Gasteiger partial charge in [-0.25, -0.2) is 4.68 Å². The lowest BCUT2D eigenvalue weighted by Gasteiger charge is -2.05. The van der Waals surface area contributed by atoms with Crippen LogP contribution in [0.5, 0.6) is 0 Å². The van der Waals surface area contributed by atoms with Crippen LogP contribution in [0.3, 0.4) is 0 Å². The molecule has 0 aliphatic heterocycles. The molecule has 0 saturated heterocycles. The minimum absolute atomic E-state index is 0.395. The Labute approximate surface area is 143 Å². The summed E-state index contributed by atoms with van der Waals surface area (Å²) in [5.41, 5.74) is 4.10. The van der Waals surface area contributed by atoms with Gasteiger partial charge in [0.15, 0.2) is 5.82 Å². The highest BCUT2D eigenvalue weighted by Gasteiger charge is 2.09. The van der Waals surface area contributed by atoms with Gasteiger partial charge in [0.1, 0.15) is 0 Å². The highest BCUT2D eigenvalue weighted by molar-refractivity contribution is 7.80. The number of nitrogens with two attached hydrogens (primary N) is 1. The van der Waals surface area contributed by atoms with Gasteiger partial charge in [-0.15, -0.1) is 22.8 Å². The van der Waals surface area contributed by atoms with Gasteiger partial charge >= 0.3 is 0 Å². The van der Waals surface area contributed by atoms with Gasteiger partial charge in [0.05, 0.1) is 11.7 Å². The van der Waals surface area contributed by atoms with E-state index in [9.17, 15) is 0 Å². The lowest BCUT2D eigenvalue weighted by Crippen LogP contribution is -2.13. The van der Waals surface area contributed by atoms with Crippen molar-refractivity contribution in [3.63, 3.8) is 0 Å². The summed E-state index contributed by atoms with van der Waals surface area (Å²) in [7, 11) is 1.90. The summed E-state index contributed by atoms with van der Waals surface area (Å²) in [5.74, 6) is 6.52. The maximum absolute atomic E-state index is 5.86. The number of thiol groups is 1. The molecular formula is C16H15N7S. The van der Waals surface area contributed by atoms with Crippen LogP contribution in [0.2, 0.25) is 0 Å². The maximum atomic E-state index is 5.86. The maximum Gasteiger partial charge on any atom is 0.206 e. The van der Waals surface area contributed by atoms with Gasteiger partial charge in [-0.05, 0) is 23.8 Å². The molecule has 3 aromatic heterocycles. The van der Waals surface area contributed by atoms with E-state index in [1.54, 1.807) is 4.68 Å². The molecule has 4 aromatic rings. The van der Waals surface area contributed by atoms with Crippen molar-refractivity contribution >= 4 is 23.5 Å². The van der Waals surface area contributed by atoms with E-state index in [2.05, 4.69) is 45.0 Å². The molecule has 7 nitrogen and oxygen atoms in total. The molecular weight excluding hydrogens is 322 g/mol. The topological polar surface area (TPSA) is 87.4 Å². The van der Waals surface area contributed by atoms with Crippen LogP contribution in [-0.4, -0.2) is 29.6 Å². The first kappa shape index (κ1) is 14.7. The molecule has 8 heteroatoms. The highest BCUT2D eigenvalue weighted by atomic mass is 32.1. The van der Waals surface area contributed by atoms with Crippen LogP contribution in [0, 0.1) is 0 Å². The summed E-state index contributed by atoms with van der Waals surface area (Å²) in [5, 5.41) is 13.6. The molecule has 3 heterocycles. The van der Waals surface area contributed by atoms with Gasteiger partial charge in [-0.2, -0.15) is 5.10 Å². The van der Waals surface area contributed by atoms with E-state index in [0.29, 0.717) is 17.4 Å². The molecule has 1 aromatic carbocycles. The van der Waals surface area contributed by atoms with E-state index >= 15 is 0 Å². The van der Waals surface area contributed by atoms with Gasteiger partial charge < -0.3 is 5.84 Å². The predicted octanol–water partition coefficient (Wildman–Crippen LogP) is 1.82. The molecule has 0 radical (unpaired) electrons. The Kier molecular flexibility index (Phi) is 3.46. The van der Waals surface area contributed by atoms with E-state index in [0.717, 1.165) is 27.6 Å². The molecule has 0 amide bonds. The molecule has 0 atom stereocenters. The van der Waals surface area contributed by atoms with Crippen molar-refractivity contribution in [2.75, 3.05) is 5.84 Å². The summed E-state index contributed by atoms with van der Waals surface area (Å²) in [6.07, 6.45) is 6.25. The van der Waals surface area contributed by atoms with Gasteiger partial charge in [-0.1, -0.05) is 6.07 Å². The standard InChI is InChI=1S/C16H15N7S/c1-22-9-13(8-19-22)12-6-11-4-10(2-3-14(11)18-7-12)5-15-20-21-16(24)23(15)17/h2-4,6-9H,5,17H2,1H3,(H,21,24). The second-order valence-corrected chi connectivity index (χ2v) is 6.02. The fourth-order valence-corrected chi connectivity index (χ4v) is 2.80. The number of hydrogen-bond acceptors (Lipinski definition) is 6. The smallest absolute Gasteiger partial charge is 0.206 e. The van der Waals surface area contributed by atoms with E-state index in [1.165, 1.54) is 4.68 Å². The van der Waals surface area contributed by atoms with Crippen molar-refractivity contribution in [3.8, 4) is 11.1 Å². The van der Waals surface area contributed by atoms with E-state index < -0.39 is 0 Å². The van der Waals surface area contributed by atoms with Crippen molar-refractivity contribution in [1.29, 1.82) is 0 Å². The average Bonchev–Trinajstić information content (AvgIpc) is 3.15. The van der Waals surface area contributed by atoms with Crippen LogP contribution < -0.4 is 5.84 Å². The van der Waals surface area contributed by atoms with Gasteiger partial charge in [0.2, 0.25) is 5.16 Å². The molecule has 120 valence electrons. The number of hydrogen-bond donors (Lipinski definition) is 2. The Morgan fingerprint density at radius 2 is 2.00 bits per heavy atom. The Hall–Kier alpha value is -2.87. The Morgan fingerprint density at radius 3 is 2.71 bits per heavy atom. The molecule has 0 spiro atoms. The summed E-state index contributed by atoms with van der Waals surface area (Å²) >= 11 is 4.15. The molecule has 0 fully saturated rings. The molecule has 0 aliphatic carbocycles. The van der Waals surface area contributed by atoms with Crippen molar-refractivity contribution in [3.05, 3.63) is 54.2 Å². The third-order valence-corrected chi connectivity index (χ3v) is 4.20. The first-order valence-electron chi connectivity index (χ1n) is 7.36. The lowest BCUT2D eigenvalue weighted by molar-refractivity contribution is 0.768. The van der Waals surface area contributed by atoms with Crippen LogP contribution >= 0.6 is 12.6 Å². The van der Waals surface area contributed by atoms with Crippen LogP contribution in [0.15, 0.2) is 48.0 Å². The van der Waals surface area contributed by atoms with Crippen LogP contribution in [0.25, 0.3) is 22.0 Å². The van der Waals surface area contributed by atoms with E-state index in [4.69, 9.17) is 5.84 Å². The molecule has 0 unspecified atom stereocenters. The third-order valence-electron chi connectivity index (χ3n) is 3.89. The van der Waals surface area contributed by atoms with Crippen LogP contribution in [0.4, 0.5) is 0 Å². The Morgan fingerprint density at radius 1 is 1.12 bits per heavy atom. The molecule has 0 aliphatic rings. The first-order chi connectivity index (χ1) is 11.6. The second-order valence-electron chi connectivity index (χ2n) is 5.62. The largest absolute Gasteiger partial charge is 0.336 e. The fraction of sp³-hybridized carbons (Fsp3) is 0.125. The number of nitrogen functional groups attached to an aromatic ring is 1. The molecule has 24 heavy (non-hydrogen) atoms. The Balaban J connectivity index is 1.72. The summed E-state index contributed by atoms with van der Waals surface area (Å²) in [6.45, 7) is 0. The number of fused-ring (bicyclic) bond motifs is 1. The lowest BCUT2D eigenvalue weighted by atomic mass is 10.0. The van der Waals surface area contributed by atoms with E-state index in [1.807, 2.05) is 37.8 Å². The zero-order valence-corrected chi connectivity index (χ0v) is 13.9. The minimum atomic E-state index is 0.395. The monoisotopic (exact) mass is 337 g/mol. The first-order valence-corrected chi connectivity index (χ1v) is 7.81. The summed E-state index contributed by atoms with van der Waals surface area (Å²) in [4.78, 5) is 4.53. The van der Waals surface area contributed by atoms with Crippen LogP contribution in [0.1, 0.15) is 11.4 Å². The zero-order valence-electron chi connectivity index (χ0n) is 13.0. The molecule has 4 rings (SSSR count). The van der Waals surface area contributed by atoms with Crippen LogP contribution in [-0.2, 0) is 13.5 Å². The number of nitrogens with zero attached hydrogens (tertiary/aromatic N) is 6. The SMILES string of the molecule is Cn1cc(-c2cnc3ccc(Cc4nnc(S)n4N)cc3c2)cn1. The number of aromatic nitrogens is 6. The normalized spacial score (nSPS) is 11.2. The van der Waals surface area contributed by atoms with E-state index in [-0.39, 0.29) is 0 Å². The average molecular weight is 337 g/mol. The van der Waals surface area contributed by atoms with Gasteiger partial charge in [-0.3, -0.25) is 9.67 Å². The number of pyridine rings is 1. The van der Waals surface area contributed by atoms with Crippen molar-refractivity contribution < 1.29 is 0 Å². The highest BCUT2D eigenvalue weighted by Crippen LogP contribution is 2.23. The Bertz CT molecular complexity index is 1030. The zero-order chi connectivity index (χ0) is 16.7. The summed E-state index contributed by atoms with van der Waals surface area (Å²) in [6, 6.07) is 8.22. The van der Waals surface area contributed by atoms with Crippen molar-refractivity contribution in [2.45, 2.75) is 11.6 Å². The quantitative estimate of drug-likeness (QED) is 0.440. The molecule has 2 N–H and O–H groups in total. The third kappa shape index (κ3) is 2.61. The second kappa shape index (κ2) is 5.64. The van der Waals surface area contributed by atoms with Crippen molar-refractivity contribution in [2.24, 2.45) is 7.05 Å². The number of rotatable bonds is 3. The molecule has 0 bridgehead atoms.